The molecule has 0 amide bonds. The molecular formula is C27H26N6. The van der Waals surface area contributed by atoms with Crippen LogP contribution in [-0.2, 0) is 6.54 Å². The summed E-state index contributed by atoms with van der Waals surface area (Å²) in [6.45, 7) is 5.39. The number of likely N-dealkylation sites (tertiary alicyclic amines) is 1. The third-order valence-corrected chi connectivity index (χ3v) is 6.25. The van der Waals surface area contributed by atoms with Gasteiger partial charge in [-0.15, -0.1) is 0 Å². The lowest BCUT2D eigenvalue weighted by Crippen LogP contribution is -2.18. The summed E-state index contributed by atoms with van der Waals surface area (Å²) in [5.41, 5.74) is 7.37. The minimum absolute atomic E-state index is 0.500. The number of H-pyrrole nitrogens is 1. The largest absolute Gasteiger partial charge is 0.361 e. The van der Waals surface area contributed by atoms with Crippen molar-refractivity contribution in [1.82, 2.24) is 19.9 Å². The Kier molecular flexibility index (Phi) is 5.88. The van der Waals surface area contributed by atoms with Gasteiger partial charge in [0.05, 0.1) is 16.9 Å². The van der Waals surface area contributed by atoms with Crippen molar-refractivity contribution in [3.05, 3.63) is 83.1 Å². The van der Waals surface area contributed by atoms with Gasteiger partial charge in [-0.25, -0.2) is 0 Å². The number of fused-ring (bicyclic) bond motifs is 1. The highest BCUT2D eigenvalue weighted by Gasteiger charge is 2.12. The molecule has 1 aliphatic rings. The molecule has 0 radical (unpaired) electrons. The second kappa shape index (κ2) is 9.27. The summed E-state index contributed by atoms with van der Waals surface area (Å²) in [5, 5.41) is 14.3. The first kappa shape index (κ1) is 20.9. The standard InChI is InChI=1S/C27H26N6/c1-19-24-10-11-30-26(24)9-8-25(19)32-27-21(16-29-17-22(27)14-28)5-7-23-6-4-20(15-31-23)18-33-12-2-3-13-33/h4-11,15-17,30H,2-3,12-13,18H2,1H3,(H,29,32). The van der Waals surface area contributed by atoms with Crippen LogP contribution in [0, 0.1) is 18.3 Å². The molecule has 4 aromatic rings. The molecule has 0 aliphatic carbocycles. The van der Waals surface area contributed by atoms with Gasteiger partial charge in [0.1, 0.15) is 6.07 Å². The third-order valence-electron chi connectivity index (χ3n) is 6.25. The number of benzene rings is 1. The summed E-state index contributed by atoms with van der Waals surface area (Å²) >= 11 is 0. The molecule has 1 aromatic carbocycles. The number of anilines is 2. The van der Waals surface area contributed by atoms with Crippen LogP contribution in [0.25, 0.3) is 23.1 Å². The van der Waals surface area contributed by atoms with Crippen molar-refractivity contribution in [2.45, 2.75) is 26.3 Å². The predicted molar refractivity (Wildman–Crippen MR) is 133 cm³/mol. The lowest BCUT2D eigenvalue weighted by Gasteiger charge is -2.14. The molecule has 3 aromatic heterocycles. The number of nitrogens with zero attached hydrogens (tertiary/aromatic N) is 4. The Morgan fingerprint density at radius 1 is 1.09 bits per heavy atom. The predicted octanol–water partition coefficient (Wildman–Crippen LogP) is 5.65. The average molecular weight is 435 g/mol. The van der Waals surface area contributed by atoms with E-state index in [9.17, 15) is 5.26 Å². The van der Waals surface area contributed by atoms with Gasteiger partial charge in [0.15, 0.2) is 0 Å². The molecule has 0 spiro atoms. The van der Waals surface area contributed by atoms with Crippen LogP contribution in [0.1, 0.15) is 40.8 Å². The fourth-order valence-corrected chi connectivity index (χ4v) is 4.38. The van der Waals surface area contributed by atoms with Crippen molar-refractivity contribution in [2.75, 3.05) is 18.4 Å². The first-order valence-corrected chi connectivity index (χ1v) is 11.3. The third kappa shape index (κ3) is 4.50. The zero-order valence-electron chi connectivity index (χ0n) is 18.7. The van der Waals surface area contributed by atoms with Crippen LogP contribution >= 0.6 is 0 Å². The summed E-state index contributed by atoms with van der Waals surface area (Å²) < 4.78 is 0. The van der Waals surface area contributed by atoms with E-state index < -0.39 is 0 Å². The summed E-state index contributed by atoms with van der Waals surface area (Å²) in [6.07, 6.45) is 13.8. The van der Waals surface area contributed by atoms with Crippen LogP contribution in [-0.4, -0.2) is 32.9 Å². The fourth-order valence-electron chi connectivity index (χ4n) is 4.38. The number of hydrogen-bond donors (Lipinski definition) is 2. The lowest BCUT2D eigenvalue weighted by molar-refractivity contribution is 0.331. The van der Waals surface area contributed by atoms with Gasteiger partial charge >= 0.3 is 0 Å². The second-order valence-electron chi connectivity index (χ2n) is 8.47. The molecule has 1 saturated heterocycles. The zero-order chi connectivity index (χ0) is 22.6. The Bertz CT molecular complexity index is 1340. The quantitative estimate of drug-likeness (QED) is 0.410. The van der Waals surface area contributed by atoms with Crippen LogP contribution in [0.3, 0.4) is 0 Å². The fraction of sp³-hybridized carbons (Fsp3) is 0.222. The van der Waals surface area contributed by atoms with Crippen molar-refractivity contribution in [2.24, 2.45) is 0 Å². The van der Waals surface area contributed by atoms with E-state index in [1.54, 1.807) is 12.4 Å². The molecule has 1 aliphatic heterocycles. The van der Waals surface area contributed by atoms with Gasteiger partial charge < -0.3 is 10.3 Å². The van der Waals surface area contributed by atoms with E-state index in [0.717, 1.165) is 45.6 Å². The van der Waals surface area contributed by atoms with E-state index in [1.807, 2.05) is 42.7 Å². The van der Waals surface area contributed by atoms with E-state index in [0.29, 0.717) is 5.56 Å². The van der Waals surface area contributed by atoms with Gasteiger partial charge in [-0.05, 0) is 80.4 Å². The van der Waals surface area contributed by atoms with Crippen molar-refractivity contribution in [3.63, 3.8) is 0 Å². The van der Waals surface area contributed by atoms with E-state index in [4.69, 9.17) is 0 Å². The molecule has 164 valence electrons. The van der Waals surface area contributed by atoms with Gasteiger partial charge in [0.2, 0.25) is 0 Å². The summed E-state index contributed by atoms with van der Waals surface area (Å²) in [4.78, 5) is 14.6. The Morgan fingerprint density at radius 3 is 2.76 bits per heavy atom. The molecule has 1 fully saturated rings. The first-order chi connectivity index (χ1) is 16.2. The molecule has 33 heavy (non-hydrogen) atoms. The van der Waals surface area contributed by atoms with Gasteiger partial charge in [-0.2, -0.15) is 5.26 Å². The summed E-state index contributed by atoms with van der Waals surface area (Å²) in [5.74, 6) is 0. The molecule has 6 nitrogen and oxygen atoms in total. The van der Waals surface area contributed by atoms with Crippen molar-refractivity contribution in [3.8, 4) is 6.07 Å². The number of hydrogen-bond acceptors (Lipinski definition) is 5. The maximum Gasteiger partial charge on any atom is 0.103 e. The zero-order valence-corrected chi connectivity index (χ0v) is 18.7. The minimum Gasteiger partial charge on any atom is -0.361 e. The molecule has 6 heteroatoms. The van der Waals surface area contributed by atoms with E-state index in [-0.39, 0.29) is 0 Å². The Hall–Kier alpha value is -3.95. The van der Waals surface area contributed by atoms with Crippen molar-refractivity contribution in [1.29, 1.82) is 5.26 Å². The monoisotopic (exact) mass is 434 g/mol. The first-order valence-electron chi connectivity index (χ1n) is 11.3. The summed E-state index contributed by atoms with van der Waals surface area (Å²) in [7, 11) is 0. The highest BCUT2D eigenvalue weighted by Crippen LogP contribution is 2.31. The minimum atomic E-state index is 0.500. The Morgan fingerprint density at radius 2 is 1.97 bits per heavy atom. The smallest absolute Gasteiger partial charge is 0.103 e. The van der Waals surface area contributed by atoms with E-state index in [1.165, 1.54) is 31.5 Å². The van der Waals surface area contributed by atoms with Crippen LogP contribution in [0.2, 0.25) is 0 Å². The van der Waals surface area contributed by atoms with Crippen molar-refractivity contribution >= 4 is 34.4 Å². The highest BCUT2D eigenvalue weighted by atomic mass is 15.1. The molecular weight excluding hydrogens is 408 g/mol. The molecule has 0 bridgehead atoms. The van der Waals surface area contributed by atoms with Gasteiger partial charge in [0, 0.05) is 53.5 Å². The van der Waals surface area contributed by atoms with Crippen LogP contribution in [0.15, 0.2) is 55.1 Å². The second-order valence-corrected chi connectivity index (χ2v) is 8.47. The Balaban J connectivity index is 1.39. The SMILES string of the molecule is Cc1c(Nc2c(C#N)cncc2C=Cc2ccc(CN3CCCC3)cn2)ccc2[nH]ccc12. The van der Waals surface area contributed by atoms with Gasteiger partial charge in [0.25, 0.3) is 0 Å². The number of rotatable bonds is 6. The van der Waals surface area contributed by atoms with Crippen LogP contribution in [0.4, 0.5) is 11.4 Å². The molecule has 0 atom stereocenters. The molecule has 2 N–H and O–H groups in total. The maximum atomic E-state index is 9.69. The maximum absolute atomic E-state index is 9.69. The van der Waals surface area contributed by atoms with Crippen molar-refractivity contribution < 1.29 is 0 Å². The molecule has 5 rings (SSSR count). The number of aromatic amines is 1. The molecule has 4 heterocycles. The average Bonchev–Trinajstić information content (AvgIpc) is 3.53. The lowest BCUT2D eigenvalue weighted by atomic mass is 10.1. The van der Waals surface area contributed by atoms with Crippen LogP contribution in [0.5, 0.6) is 0 Å². The van der Waals surface area contributed by atoms with E-state index in [2.05, 4.69) is 50.3 Å². The van der Waals surface area contributed by atoms with Gasteiger partial charge in [-0.3, -0.25) is 14.9 Å². The number of nitrogens with one attached hydrogen (secondary N) is 2. The highest BCUT2D eigenvalue weighted by molar-refractivity contribution is 5.90. The number of pyridine rings is 2. The topological polar surface area (TPSA) is 80.6 Å². The number of nitriles is 1. The Labute approximate surface area is 193 Å². The summed E-state index contributed by atoms with van der Waals surface area (Å²) in [6, 6.07) is 12.6. The van der Waals surface area contributed by atoms with E-state index >= 15 is 0 Å². The number of aryl methyl sites for hydroxylation is 1. The molecule has 0 unspecified atom stereocenters. The molecule has 0 saturated carbocycles. The normalized spacial score (nSPS) is 14.2. The van der Waals surface area contributed by atoms with Gasteiger partial charge in [-0.1, -0.05) is 6.07 Å². The number of aromatic nitrogens is 3. The van der Waals surface area contributed by atoms with Crippen LogP contribution < -0.4 is 5.32 Å².